The number of rotatable bonds is 6. The van der Waals surface area contributed by atoms with Gasteiger partial charge in [-0.2, -0.15) is 13.2 Å². The van der Waals surface area contributed by atoms with Gasteiger partial charge in [0.05, 0.1) is 25.6 Å². The van der Waals surface area contributed by atoms with Crippen LogP contribution < -0.4 is 9.64 Å². The van der Waals surface area contributed by atoms with Crippen LogP contribution in [0.5, 0.6) is 11.5 Å². The number of alkyl halides is 3. The van der Waals surface area contributed by atoms with Crippen molar-refractivity contribution in [1.29, 1.82) is 0 Å². The van der Waals surface area contributed by atoms with Crippen molar-refractivity contribution in [3.05, 3.63) is 91.3 Å². The van der Waals surface area contributed by atoms with E-state index >= 15 is 0 Å². The number of nitro groups is 1. The Balaban J connectivity index is 1.58. The molecular weight excluding hydrogens is 613 g/mol. The third-order valence-corrected chi connectivity index (χ3v) is 7.71. The predicted molar refractivity (Wildman–Crippen MR) is 146 cm³/mol. The minimum Gasteiger partial charge on any atom is -0.449 e. The maximum Gasteiger partial charge on any atom is 0.416 e. The maximum absolute atomic E-state index is 13.1. The molecule has 0 atom stereocenters. The van der Waals surface area contributed by atoms with Crippen LogP contribution in [0.3, 0.4) is 0 Å². The highest BCUT2D eigenvalue weighted by Crippen LogP contribution is 2.41. The molecule has 6 nitrogen and oxygen atoms in total. The van der Waals surface area contributed by atoms with Crippen molar-refractivity contribution >= 4 is 79.4 Å². The molecule has 0 bridgehead atoms. The fourth-order valence-corrected chi connectivity index (χ4v) is 5.55. The quantitative estimate of drug-likeness (QED) is 0.0895. The zero-order valence-electron chi connectivity index (χ0n) is 18.6. The molecule has 1 saturated heterocycles. The number of benzene rings is 3. The average molecular weight is 627 g/mol. The first kappa shape index (κ1) is 27.2. The minimum atomic E-state index is -4.73. The van der Waals surface area contributed by atoms with Crippen molar-refractivity contribution in [3.8, 4) is 11.5 Å². The van der Waals surface area contributed by atoms with Gasteiger partial charge in [0.2, 0.25) is 5.75 Å². The first-order valence-corrected chi connectivity index (χ1v) is 13.5. The lowest BCUT2D eigenvalue weighted by Crippen LogP contribution is -2.27. The molecule has 0 N–H and O–H groups in total. The second-order valence-corrected chi connectivity index (χ2v) is 10.9. The van der Waals surface area contributed by atoms with E-state index in [-0.39, 0.29) is 17.4 Å². The molecule has 3 aromatic rings. The maximum atomic E-state index is 13.1. The van der Waals surface area contributed by atoms with Gasteiger partial charge in [0.1, 0.15) is 5.75 Å². The Morgan fingerprint density at radius 1 is 1.14 bits per heavy atom. The number of ether oxygens (including phenoxy) is 1. The standard InChI is InChI=1S/C24H14BrF3N2O4S3/c1-36-16-4-2-3-15(12-16)29-22(31)21(37-23(29)35)10-13-5-7-19(17(25)9-13)34-20-8-6-14(24(26,27)28)11-18(20)30(32)33/h2-12H,1H3/b21-10+. The van der Waals surface area contributed by atoms with Gasteiger partial charge in [-0.3, -0.25) is 19.8 Å². The summed E-state index contributed by atoms with van der Waals surface area (Å²) in [6.45, 7) is 0. The SMILES string of the molecule is CSc1cccc(N2C(=O)/C(=C\c3ccc(Oc4ccc(C(F)(F)F)cc4[N+](=O)[O-])c(Br)c3)SC2=S)c1. The highest BCUT2D eigenvalue weighted by Gasteiger charge is 2.34. The van der Waals surface area contributed by atoms with E-state index in [0.29, 0.717) is 37.1 Å². The Bertz CT molecular complexity index is 1460. The molecule has 1 aliphatic rings. The van der Waals surface area contributed by atoms with Crippen LogP contribution in [-0.4, -0.2) is 21.4 Å². The van der Waals surface area contributed by atoms with Crippen molar-refractivity contribution in [2.24, 2.45) is 0 Å². The molecule has 0 unspecified atom stereocenters. The number of thiocarbonyl (C=S) groups is 1. The Hall–Kier alpha value is -2.87. The van der Waals surface area contributed by atoms with E-state index < -0.39 is 22.4 Å². The third kappa shape index (κ3) is 6.00. The molecule has 1 fully saturated rings. The summed E-state index contributed by atoms with van der Waals surface area (Å²) in [4.78, 5) is 26.3. The summed E-state index contributed by atoms with van der Waals surface area (Å²) in [7, 11) is 0. The molecule has 0 radical (unpaired) electrons. The van der Waals surface area contributed by atoms with Crippen LogP contribution >= 0.6 is 51.7 Å². The molecule has 1 amide bonds. The summed E-state index contributed by atoms with van der Waals surface area (Å²) in [5.74, 6) is -0.480. The number of hydrogen-bond acceptors (Lipinski definition) is 7. The molecule has 13 heteroatoms. The number of halogens is 4. The first-order valence-electron chi connectivity index (χ1n) is 10.2. The number of carbonyl (C=O) groups excluding carboxylic acids is 1. The van der Waals surface area contributed by atoms with Gasteiger partial charge in [0.25, 0.3) is 5.91 Å². The predicted octanol–water partition coefficient (Wildman–Crippen LogP) is 8.30. The summed E-state index contributed by atoms with van der Waals surface area (Å²) < 4.78 is 45.2. The van der Waals surface area contributed by atoms with Gasteiger partial charge in [-0.1, -0.05) is 36.1 Å². The molecule has 0 aliphatic carbocycles. The molecule has 0 spiro atoms. The lowest BCUT2D eigenvalue weighted by Gasteiger charge is -2.15. The lowest BCUT2D eigenvalue weighted by molar-refractivity contribution is -0.385. The van der Waals surface area contributed by atoms with Gasteiger partial charge in [-0.15, -0.1) is 11.8 Å². The van der Waals surface area contributed by atoms with Crippen LogP contribution in [0.25, 0.3) is 6.08 Å². The van der Waals surface area contributed by atoms with Crippen LogP contribution in [0.4, 0.5) is 24.5 Å². The van der Waals surface area contributed by atoms with E-state index in [1.54, 1.807) is 36.0 Å². The van der Waals surface area contributed by atoms with Crippen molar-refractivity contribution < 1.29 is 27.6 Å². The fraction of sp³-hybridized carbons (Fsp3) is 0.0833. The van der Waals surface area contributed by atoms with E-state index in [2.05, 4.69) is 15.9 Å². The number of nitro benzene ring substituents is 1. The zero-order chi connectivity index (χ0) is 26.9. The second kappa shape index (κ2) is 10.9. The van der Waals surface area contributed by atoms with E-state index in [0.717, 1.165) is 22.7 Å². The Morgan fingerprint density at radius 2 is 1.86 bits per heavy atom. The van der Waals surface area contributed by atoms with Gasteiger partial charge in [0, 0.05) is 11.0 Å². The van der Waals surface area contributed by atoms with Crippen molar-refractivity contribution in [3.63, 3.8) is 0 Å². The van der Waals surface area contributed by atoms with Gasteiger partial charge in [-0.05, 0) is 76.3 Å². The van der Waals surface area contributed by atoms with E-state index in [1.807, 2.05) is 24.5 Å². The fourth-order valence-electron chi connectivity index (χ4n) is 3.32. The van der Waals surface area contributed by atoms with Crippen LogP contribution in [0.1, 0.15) is 11.1 Å². The Morgan fingerprint density at radius 3 is 2.51 bits per heavy atom. The first-order chi connectivity index (χ1) is 17.5. The number of carbonyl (C=O) groups is 1. The summed E-state index contributed by atoms with van der Waals surface area (Å²) >= 11 is 11.4. The van der Waals surface area contributed by atoms with Crippen LogP contribution in [-0.2, 0) is 11.0 Å². The monoisotopic (exact) mass is 626 g/mol. The van der Waals surface area contributed by atoms with Gasteiger partial charge < -0.3 is 4.74 Å². The van der Waals surface area contributed by atoms with Crippen LogP contribution in [0.15, 0.2) is 74.9 Å². The van der Waals surface area contributed by atoms with Crippen molar-refractivity contribution in [2.45, 2.75) is 11.1 Å². The van der Waals surface area contributed by atoms with E-state index in [1.165, 1.54) is 11.0 Å². The summed E-state index contributed by atoms with van der Waals surface area (Å²) in [5, 5.41) is 11.3. The molecule has 1 heterocycles. The van der Waals surface area contributed by atoms with Crippen LogP contribution in [0.2, 0.25) is 0 Å². The average Bonchev–Trinajstić information content (AvgIpc) is 3.12. The highest BCUT2D eigenvalue weighted by molar-refractivity contribution is 9.10. The van der Waals surface area contributed by atoms with Crippen molar-refractivity contribution in [1.82, 2.24) is 0 Å². The molecular formula is C24H14BrF3N2O4S3. The topological polar surface area (TPSA) is 72.7 Å². The molecule has 0 aromatic heterocycles. The normalized spacial score (nSPS) is 14.9. The second-order valence-electron chi connectivity index (χ2n) is 7.45. The Labute approximate surface area is 231 Å². The van der Waals surface area contributed by atoms with Crippen molar-refractivity contribution in [2.75, 3.05) is 11.2 Å². The van der Waals surface area contributed by atoms with Gasteiger partial charge in [0.15, 0.2) is 4.32 Å². The summed E-state index contributed by atoms with van der Waals surface area (Å²) in [6.07, 6.45) is -1.15. The zero-order valence-corrected chi connectivity index (χ0v) is 22.7. The molecule has 190 valence electrons. The molecule has 1 aliphatic heterocycles. The number of thioether (sulfide) groups is 2. The van der Waals surface area contributed by atoms with E-state index in [4.69, 9.17) is 17.0 Å². The summed E-state index contributed by atoms with van der Waals surface area (Å²) in [5.41, 5.74) is -0.696. The lowest BCUT2D eigenvalue weighted by atomic mass is 10.1. The number of hydrogen-bond donors (Lipinski definition) is 0. The minimum absolute atomic E-state index is 0.140. The largest absolute Gasteiger partial charge is 0.449 e. The molecule has 3 aromatic carbocycles. The van der Waals surface area contributed by atoms with Gasteiger partial charge >= 0.3 is 11.9 Å². The molecule has 4 rings (SSSR count). The number of nitrogens with zero attached hydrogens (tertiary/aromatic N) is 2. The number of amides is 1. The van der Waals surface area contributed by atoms with E-state index in [9.17, 15) is 28.1 Å². The molecule has 37 heavy (non-hydrogen) atoms. The smallest absolute Gasteiger partial charge is 0.416 e. The summed E-state index contributed by atoms with van der Waals surface area (Å²) in [6, 6.07) is 14.2. The Kier molecular flexibility index (Phi) is 7.97. The van der Waals surface area contributed by atoms with Crippen LogP contribution in [0, 0.1) is 10.1 Å². The third-order valence-electron chi connectivity index (χ3n) is 5.06. The van der Waals surface area contributed by atoms with Gasteiger partial charge in [-0.25, -0.2) is 0 Å². The number of anilines is 1. The molecule has 0 saturated carbocycles. The highest BCUT2D eigenvalue weighted by atomic mass is 79.9.